The van der Waals surface area contributed by atoms with Crippen molar-refractivity contribution in [2.45, 2.75) is 39.8 Å². The largest absolute Gasteiger partial charge is 0.307 e. The van der Waals surface area contributed by atoms with Gasteiger partial charge in [-0.3, -0.25) is 14.4 Å². The van der Waals surface area contributed by atoms with E-state index in [1.807, 2.05) is 43.9 Å². The molecule has 0 aliphatic carbocycles. The molecule has 2 heterocycles. The molecule has 0 spiro atoms. The number of aryl methyl sites for hydroxylation is 1. The Labute approximate surface area is 159 Å². The Morgan fingerprint density at radius 3 is 2.44 bits per heavy atom. The maximum atomic E-state index is 11.9. The van der Waals surface area contributed by atoms with Crippen LogP contribution in [0.4, 0.5) is 0 Å². The maximum Gasteiger partial charge on any atom is 0.251 e. The van der Waals surface area contributed by atoms with Gasteiger partial charge in [0.1, 0.15) is 5.82 Å². The number of nitrogens with zero attached hydrogens (tertiary/aromatic N) is 4. The zero-order chi connectivity index (χ0) is 19.4. The Bertz CT molecular complexity index is 940. The van der Waals surface area contributed by atoms with E-state index in [-0.39, 0.29) is 11.5 Å². The molecule has 2 aromatic heterocycles. The zero-order valence-electron chi connectivity index (χ0n) is 16.4. The average molecular weight is 365 g/mol. The van der Waals surface area contributed by atoms with Gasteiger partial charge in [0.05, 0.1) is 11.9 Å². The van der Waals surface area contributed by atoms with Crippen LogP contribution in [-0.4, -0.2) is 31.2 Å². The first-order valence-corrected chi connectivity index (χ1v) is 9.35. The van der Waals surface area contributed by atoms with E-state index in [1.165, 1.54) is 11.1 Å². The summed E-state index contributed by atoms with van der Waals surface area (Å²) in [7, 11) is 1.94. The lowest BCUT2D eigenvalue weighted by Crippen LogP contribution is -2.22. The van der Waals surface area contributed by atoms with Crippen molar-refractivity contribution in [2.24, 2.45) is 7.05 Å². The van der Waals surface area contributed by atoms with Crippen LogP contribution in [0.1, 0.15) is 43.5 Å². The SMILES string of the molecule is CCN(Cc1ccc(-c2nc(C(C)C)cc(=O)[nH]2)cc1)Cc1cnn(C)c1. The number of aromatic nitrogens is 4. The summed E-state index contributed by atoms with van der Waals surface area (Å²) in [5.41, 5.74) is 4.07. The minimum absolute atomic E-state index is 0.110. The van der Waals surface area contributed by atoms with Gasteiger partial charge in [0, 0.05) is 43.5 Å². The van der Waals surface area contributed by atoms with Gasteiger partial charge in [-0.05, 0) is 18.0 Å². The molecule has 0 saturated heterocycles. The molecule has 0 amide bonds. The van der Waals surface area contributed by atoms with Gasteiger partial charge in [-0.15, -0.1) is 0 Å². The molecule has 142 valence electrons. The van der Waals surface area contributed by atoms with Crippen LogP contribution in [0.15, 0.2) is 47.5 Å². The molecule has 1 aromatic carbocycles. The van der Waals surface area contributed by atoms with Crippen molar-refractivity contribution >= 4 is 0 Å². The van der Waals surface area contributed by atoms with Gasteiger partial charge in [-0.25, -0.2) is 4.98 Å². The van der Waals surface area contributed by atoms with E-state index in [0.29, 0.717) is 5.82 Å². The first-order chi connectivity index (χ1) is 12.9. The molecule has 0 aliphatic heterocycles. The van der Waals surface area contributed by atoms with Crippen LogP contribution in [-0.2, 0) is 20.1 Å². The standard InChI is InChI=1S/C21H27N5O/c1-5-26(14-17-11-22-25(4)12-17)13-16-6-8-18(9-7-16)21-23-19(15(2)3)10-20(27)24-21/h6-12,15H,5,13-14H2,1-4H3,(H,23,24,27). The Morgan fingerprint density at radius 2 is 1.85 bits per heavy atom. The monoisotopic (exact) mass is 365 g/mol. The van der Waals surface area contributed by atoms with E-state index in [0.717, 1.165) is 30.9 Å². The normalized spacial score (nSPS) is 11.5. The average Bonchev–Trinajstić information content (AvgIpc) is 3.06. The predicted octanol–water partition coefficient (Wildman–Crippen LogP) is 3.32. The lowest BCUT2D eigenvalue weighted by Gasteiger charge is -2.19. The molecule has 27 heavy (non-hydrogen) atoms. The number of H-pyrrole nitrogens is 1. The summed E-state index contributed by atoms with van der Waals surface area (Å²) in [5.74, 6) is 0.844. The number of nitrogens with one attached hydrogen (secondary N) is 1. The highest BCUT2D eigenvalue weighted by atomic mass is 16.1. The minimum Gasteiger partial charge on any atom is -0.307 e. The molecule has 0 radical (unpaired) electrons. The molecular formula is C21H27N5O. The van der Waals surface area contributed by atoms with Gasteiger partial charge < -0.3 is 4.98 Å². The van der Waals surface area contributed by atoms with E-state index < -0.39 is 0 Å². The second-order valence-corrected chi connectivity index (χ2v) is 7.20. The fourth-order valence-corrected chi connectivity index (χ4v) is 3.03. The number of hydrogen-bond acceptors (Lipinski definition) is 4. The highest BCUT2D eigenvalue weighted by molar-refractivity contribution is 5.55. The van der Waals surface area contributed by atoms with Gasteiger partial charge in [-0.1, -0.05) is 45.0 Å². The third kappa shape index (κ3) is 4.92. The Hall–Kier alpha value is -2.73. The zero-order valence-corrected chi connectivity index (χ0v) is 16.4. The Kier molecular flexibility index (Phi) is 5.86. The maximum absolute atomic E-state index is 11.9. The molecular weight excluding hydrogens is 338 g/mol. The van der Waals surface area contributed by atoms with Crippen LogP contribution in [0.25, 0.3) is 11.4 Å². The third-order valence-electron chi connectivity index (χ3n) is 4.60. The first-order valence-electron chi connectivity index (χ1n) is 9.35. The Morgan fingerprint density at radius 1 is 1.15 bits per heavy atom. The molecule has 6 heteroatoms. The van der Waals surface area contributed by atoms with Crippen LogP contribution < -0.4 is 5.56 Å². The fraction of sp³-hybridized carbons (Fsp3) is 0.381. The second kappa shape index (κ2) is 8.31. The van der Waals surface area contributed by atoms with Crippen molar-refractivity contribution in [3.63, 3.8) is 0 Å². The van der Waals surface area contributed by atoms with Crippen LogP contribution >= 0.6 is 0 Å². The highest BCUT2D eigenvalue weighted by Crippen LogP contribution is 2.18. The first kappa shape index (κ1) is 19.0. The quantitative estimate of drug-likeness (QED) is 0.697. The summed E-state index contributed by atoms with van der Waals surface area (Å²) in [5, 5.41) is 4.24. The topological polar surface area (TPSA) is 66.8 Å². The van der Waals surface area contributed by atoms with Gasteiger partial charge in [0.2, 0.25) is 0 Å². The Balaban J connectivity index is 1.74. The van der Waals surface area contributed by atoms with E-state index in [1.54, 1.807) is 6.07 Å². The van der Waals surface area contributed by atoms with Crippen LogP contribution in [0.5, 0.6) is 0 Å². The third-order valence-corrected chi connectivity index (χ3v) is 4.60. The molecule has 0 fully saturated rings. The van der Waals surface area contributed by atoms with Gasteiger partial charge >= 0.3 is 0 Å². The van der Waals surface area contributed by atoms with Gasteiger partial charge in [-0.2, -0.15) is 5.10 Å². The molecule has 1 N–H and O–H groups in total. The summed E-state index contributed by atoms with van der Waals surface area (Å²) < 4.78 is 1.83. The molecule has 3 rings (SSSR count). The summed E-state index contributed by atoms with van der Waals surface area (Å²) in [6.07, 6.45) is 3.96. The lowest BCUT2D eigenvalue weighted by molar-refractivity contribution is 0.271. The van der Waals surface area contributed by atoms with Crippen LogP contribution in [0.2, 0.25) is 0 Å². The fourth-order valence-electron chi connectivity index (χ4n) is 3.03. The predicted molar refractivity (Wildman–Crippen MR) is 107 cm³/mol. The van der Waals surface area contributed by atoms with E-state index in [4.69, 9.17) is 0 Å². The lowest BCUT2D eigenvalue weighted by atomic mass is 10.1. The van der Waals surface area contributed by atoms with E-state index in [2.05, 4.69) is 45.2 Å². The van der Waals surface area contributed by atoms with Gasteiger partial charge in [0.25, 0.3) is 5.56 Å². The summed E-state index contributed by atoms with van der Waals surface area (Å²) in [6, 6.07) is 9.82. The minimum atomic E-state index is -0.110. The molecule has 0 unspecified atom stereocenters. The molecule has 0 atom stereocenters. The molecule has 6 nitrogen and oxygen atoms in total. The van der Waals surface area contributed by atoms with Crippen LogP contribution in [0.3, 0.4) is 0 Å². The summed E-state index contributed by atoms with van der Waals surface area (Å²) in [6.45, 7) is 8.93. The van der Waals surface area contributed by atoms with Gasteiger partial charge in [0.15, 0.2) is 0 Å². The smallest absolute Gasteiger partial charge is 0.251 e. The molecule has 3 aromatic rings. The van der Waals surface area contributed by atoms with Crippen molar-refractivity contribution < 1.29 is 0 Å². The second-order valence-electron chi connectivity index (χ2n) is 7.20. The van der Waals surface area contributed by atoms with Crippen molar-refractivity contribution in [3.8, 4) is 11.4 Å². The van der Waals surface area contributed by atoms with Crippen LogP contribution in [0, 0.1) is 0 Å². The van der Waals surface area contributed by atoms with E-state index >= 15 is 0 Å². The molecule has 0 aliphatic rings. The number of benzene rings is 1. The van der Waals surface area contributed by atoms with Crippen molar-refractivity contribution in [2.75, 3.05) is 6.54 Å². The number of rotatable bonds is 7. The van der Waals surface area contributed by atoms with Crippen molar-refractivity contribution in [1.82, 2.24) is 24.6 Å². The highest BCUT2D eigenvalue weighted by Gasteiger charge is 2.09. The molecule has 0 bridgehead atoms. The van der Waals surface area contributed by atoms with Crippen molar-refractivity contribution in [3.05, 3.63) is 69.9 Å². The molecule has 0 saturated carbocycles. The van der Waals surface area contributed by atoms with Crippen molar-refractivity contribution in [1.29, 1.82) is 0 Å². The summed E-state index contributed by atoms with van der Waals surface area (Å²) >= 11 is 0. The number of hydrogen-bond donors (Lipinski definition) is 1. The summed E-state index contributed by atoms with van der Waals surface area (Å²) in [4.78, 5) is 21.7. The number of aromatic amines is 1. The van der Waals surface area contributed by atoms with E-state index in [9.17, 15) is 4.79 Å².